The summed E-state index contributed by atoms with van der Waals surface area (Å²) in [6, 6.07) is 8.50. The predicted octanol–water partition coefficient (Wildman–Crippen LogP) is 4.45. The van der Waals surface area contributed by atoms with E-state index in [4.69, 9.17) is 9.47 Å². The lowest BCUT2D eigenvalue weighted by molar-refractivity contribution is -0.135. The van der Waals surface area contributed by atoms with Crippen molar-refractivity contribution in [2.75, 3.05) is 38.8 Å². The first-order chi connectivity index (χ1) is 17.5. The van der Waals surface area contributed by atoms with Gasteiger partial charge in [0, 0.05) is 31.7 Å². The van der Waals surface area contributed by atoms with E-state index in [1.54, 1.807) is 6.07 Å². The summed E-state index contributed by atoms with van der Waals surface area (Å²) < 4.78 is 25.2. The maximum atomic E-state index is 14.0. The first kappa shape index (κ1) is 24.6. The molecule has 1 N–H and O–H groups in total. The summed E-state index contributed by atoms with van der Waals surface area (Å²) in [6.45, 7) is 3.32. The van der Waals surface area contributed by atoms with Crippen LogP contribution in [-0.4, -0.2) is 55.1 Å². The van der Waals surface area contributed by atoms with Crippen molar-refractivity contribution in [2.24, 2.45) is 0 Å². The molecule has 0 radical (unpaired) electrons. The van der Waals surface area contributed by atoms with Crippen molar-refractivity contribution in [3.05, 3.63) is 52.8 Å². The van der Waals surface area contributed by atoms with Crippen LogP contribution in [0.1, 0.15) is 61.1 Å². The van der Waals surface area contributed by atoms with Crippen molar-refractivity contribution < 1.29 is 23.5 Å². The van der Waals surface area contributed by atoms with Gasteiger partial charge in [-0.1, -0.05) is 6.42 Å². The Kier molecular flexibility index (Phi) is 7.41. The van der Waals surface area contributed by atoms with Crippen LogP contribution >= 0.6 is 0 Å². The van der Waals surface area contributed by atoms with Crippen molar-refractivity contribution in [2.45, 2.75) is 57.4 Å². The molecule has 0 saturated heterocycles. The van der Waals surface area contributed by atoms with Crippen molar-refractivity contribution >= 4 is 17.5 Å². The van der Waals surface area contributed by atoms with Crippen molar-refractivity contribution in [3.8, 4) is 11.5 Å². The third-order valence-corrected chi connectivity index (χ3v) is 7.39. The standard InChI is InChI=1S/C28H34FN3O4/c1-31-10-5-6-12-32(28(34)23-16-27(33)30-24-9-8-21(29)15-22(23)24)11-4-2-3-7-19-13-25-26(36-18-35-25)14-20(19)17-31/h8-9,13-15,23H,2-7,10-12,16-18H2,1H3,(H,30,33). The highest BCUT2D eigenvalue weighted by molar-refractivity contribution is 6.01. The number of anilines is 1. The quantitative estimate of drug-likeness (QED) is 0.633. The SMILES string of the molecule is CN1CCCCN(C(=O)C2CC(=O)Nc3ccc(F)cc32)CCCCCc2cc3c(cc2C1)OCO3. The van der Waals surface area contributed by atoms with Gasteiger partial charge in [-0.3, -0.25) is 9.59 Å². The highest BCUT2D eigenvalue weighted by Crippen LogP contribution is 2.36. The zero-order chi connectivity index (χ0) is 25.1. The Hall–Kier alpha value is -3.13. The minimum absolute atomic E-state index is 0.0570. The van der Waals surface area contributed by atoms with E-state index < -0.39 is 11.7 Å². The summed E-state index contributed by atoms with van der Waals surface area (Å²) in [6.07, 6.45) is 5.72. The molecule has 2 amide bonds. The molecule has 2 aromatic carbocycles. The van der Waals surface area contributed by atoms with Crippen molar-refractivity contribution in [3.63, 3.8) is 0 Å². The van der Waals surface area contributed by atoms with Crippen LogP contribution in [0.25, 0.3) is 0 Å². The van der Waals surface area contributed by atoms with E-state index in [1.807, 2.05) is 4.90 Å². The summed E-state index contributed by atoms with van der Waals surface area (Å²) >= 11 is 0. The second-order valence-electron chi connectivity index (χ2n) is 10.1. The molecule has 0 aliphatic carbocycles. The number of aryl methyl sites for hydroxylation is 1. The van der Waals surface area contributed by atoms with Gasteiger partial charge in [-0.2, -0.15) is 0 Å². The number of hydrogen-bond acceptors (Lipinski definition) is 5. The van der Waals surface area contributed by atoms with Crippen LogP contribution in [0.5, 0.6) is 11.5 Å². The molecule has 0 bridgehead atoms. The summed E-state index contributed by atoms with van der Waals surface area (Å²) in [5, 5.41) is 2.77. The Morgan fingerprint density at radius 3 is 2.50 bits per heavy atom. The second-order valence-corrected chi connectivity index (χ2v) is 10.1. The molecule has 7 nitrogen and oxygen atoms in total. The van der Waals surface area contributed by atoms with Gasteiger partial charge in [0.25, 0.3) is 0 Å². The van der Waals surface area contributed by atoms with Crippen LogP contribution in [0.4, 0.5) is 10.1 Å². The van der Waals surface area contributed by atoms with Gasteiger partial charge < -0.3 is 24.6 Å². The zero-order valence-corrected chi connectivity index (χ0v) is 20.9. The van der Waals surface area contributed by atoms with Crippen LogP contribution in [-0.2, 0) is 22.6 Å². The van der Waals surface area contributed by atoms with Crippen LogP contribution in [0, 0.1) is 5.82 Å². The number of nitrogens with one attached hydrogen (secondary N) is 1. The van der Waals surface area contributed by atoms with Crippen LogP contribution < -0.4 is 14.8 Å². The van der Waals surface area contributed by atoms with Crippen LogP contribution in [0.15, 0.2) is 30.3 Å². The van der Waals surface area contributed by atoms with E-state index in [-0.39, 0.29) is 25.0 Å². The first-order valence-electron chi connectivity index (χ1n) is 13.0. The molecule has 192 valence electrons. The summed E-state index contributed by atoms with van der Waals surface area (Å²) in [5.74, 6) is 0.348. The van der Waals surface area contributed by atoms with Gasteiger partial charge in [0.05, 0.1) is 5.92 Å². The molecule has 0 fully saturated rings. The number of hydrogen-bond donors (Lipinski definition) is 1. The summed E-state index contributed by atoms with van der Waals surface area (Å²) in [5.41, 5.74) is 3.70. The highest BCUT2D eigenvalue weighted by Gasteiger charge is 2.33. The lowest BCUT2D eigenvalue weighted by atomic mass is 9.89. The van der Waals surface area contributed by atoms with Crippen LogP contribution in [0.3, 0.4) is 0 Å². The molecule has 3 heterocycles. The van der Waals surface area contributed by atoms with Crippen molar-refractivity contribution in [1.29, 1.82) is 0 Å². The van der Waals surface area contributed by atoms with E-state index in [9.17, 15) is 14.0 Å². The number of carbonyl (C=O) groups is 2. The largest absolute Gasteiger partial charge is 0.454 e. The number of benzene rings is 2. The third-order valence-electron chi connectivity index (χ3n) is 7.39. The Morgan fingerprint density at radius 2 is 1.69 bits per heavy atom. The Morgan fingerprint density at radius 1 is 0.972 bits per heavy atom. The third kappa shape index (κ3) is 5.48. The maximum absolute atomic E-state index is 14.0. The summed E-state index contributed by atoms with van der Waals surface area (Å²) in [7, 11) is 2.12. The molecule has 3 aliphatic rings. The van der Waals surface area contributed by atoms with Crippen molar-refractivity contribution in [1.82, 2.24) is 9.80 Å². The van der Waals surface area contributed by atoms with E-state index >= 15 is 0 Å². The molecule has 1 unspecified atom stereocenters. The van der Waals surface area contributed by atoms with Gasteiger partial charge in [-0.05, 0) is 92.7 Å². The fourth-order valence-electron chi connectivity index (χ4n) is 5.46. The molecule has 2 aromatic rings. The molecular weight excluding hydrogens is 461 g/mol. The number of fused-ring (bicyclic) bond motifs is 3. The molecule has 0 saturated carbocycles. The normalized spacial score (nSPS) is 21.2. The Labute approximate surface area is 211 Å². The van der Waals surface area contributed by atoms with E-state index in [0.717, 1.165) is 63.1 Å². The number of rotatable bonds is 1. The highest BCUT2D eigenvalue weighted by atomic mass is 19.1. The van der Waals surface area contributed by atoms with E-state index in [2.05, 4.69) is 29.4 Å². The second kappa shape index (κ2) is 10.9. The number of nitrogens with zero attached hydrogens (tertiary/aromatic N) is 2. The van der Waals surface area contributed by atoms with Gasteiger partial charge in [-0.15, -0.1) is 0 Å². The first-order valence-corrected chi connectivity index (χ1v) is 13.0. The number of carbonyl (C=O) groups excluding carboxylic acids is 2. The molecule has 3 aliphatic heterocycles. The average molecular weight is 496 g/mol. The topological polar surface area (TPSA) is 71.1 Å². The maximum Gasteiger partial charge on any atom is 0.231 e. The molecule has 0 spiro atoms. The molecule has 5 rings (SSSR count). The predicted molar refractivity (Wildman–Crippen MR) is 135 cm³/mol. The van der Waals surface area contributed by atoms with Gasteiger partial charge in [-0.25, -0.2) is 4.39 Å². The molecule has 36 heavy (non-hydrogen) atoms. The Bertz CT molecular complexity index is 1140. The molecule has 0 aromatic heterocycles. The monoisotopic (exact) mass is 495 g/mol. The lowest BCUT2D eigenvalue weighted by Gasteiger charge is -2.31. The fraction of sp³-hybridized carbons (Fsp3) is 0.500. The smallest absolute Gasteiger partial charge is 0.231 e. The zero-order valence-electron chi connectivity index (χ0n) is 20.9. The van der Waals surface area contributed by atoms with Crippen LogP contribution in [0.2, 0.25) is 0 Å². The summed E-state index contributed by atoms with van der Waals surface area (Å²) in [4.78, 5) is 30.1. The van der Waals surface area contributed by atoms with E-state index in [0.29, 0.717) is 24.3 Å². The minimum atomic E-state index is -0.637. The lowest BCUT2D eigenvalue weighted by Crippen LogP contribution is -2.40. The van der Waals surface area contributed by atoms with Gasteiger partial charge >= 0.3 is 0 Å². The minimum Gasteiger partial charge on any atom is -0.454 e. The number of halogens is 1. The van der Waals surface area contributed by atoms with Gasteiger partial charge in [0.1, 0.15) is 5.82 Å². The number of ether oxygens (including phenoxy) is 2. The molecular formula is C28H34FN3O4. The molecule has 8 heteroatoms. The van der Waals surface area contributed by atoms with E-state index in [1.165, 1.54) is 23.3 Å². The van der Waals surface area contributed by atoms with Gasteiger partial charge in [0.15, 0.2) is 11.5 Å². The van der Waals surface area contributed by atoms with Gasteiger partial charge in [0.2, 0.25) is 18.6 Å². The number of amides is 2. The molecule has 1 atom stereocenters. The fourth-order valence-corrected chi connectivity index (χ4v) is 5.46. The Balaban J connectivity index is 1.29. The average Bonchev–Trinajstić information content (AvgIpc) is 3.31.